The summed E-state index contributed by atoms with van der Waals surface area (Å²) < 4.78 is 22.6. The van der Waals surface area contributed by atoms with Gasteiger partial charge in [0.15, 0.2) is 17.6 Å². The van der Waals surface area contributed by atoms with E-state index in [0.29, 0.717) is 45.0 Å². The number of benzene rings is 3. The highest BCUT2D eigenvalue weighted by molar-refractivity contribution is 5.97. The summed E-state index contributed by atoms with van der Waals surface area (Å²) in [5.74, 6) is 0.298. The molecule has 4 aromatic rings. The molecule has 5 rings (SSSR count). The Balaban J connectivity index is 1.66. The second-order valence-electron chi connectivity index (χ2n) is 7.61. The van der Waals surface area contributed by atoms with E-state index in [1.54, 1.807) is 55.6 Å². The number of carbonyl (C=O) groups excluding carboxylic acids is 1. The lowest BCUT2D eigenvalue weighted by molar-refractivity contribution is -0.122. The van der Waals surface area contributed by atoms with Crippen LogP contribution >= 0.6 is 0 Å². The molecule has 166 valence electrons. The molecule has 0 saturated carbocycles. The molecule has 1 amide bonds. The van der Waals surface area contributed by atoms with Gasteiger partial charge in [0.2, 0.25) is 0 Å². The maximum absolute atomic E-state index is 13.4. The number of amides is 1. The van der Waals surface area contributed by atoms with E-state index in [2.05, 4.69) is 5.32 Å². The lowest BCUT2D eigenvalue weighted by Crippen LogP contribution is -2.35. The average Bonchev–Trinajstić information content (AvgIpc) is 3.26. The molecule has 2 unspecified atom stereocenters. The minimum absolute atomic E-state index is 0.300. The third-order valence-corrected chi connectivity index (χ3v) is 5.72. The van der Waals surface area contributed by atoms with Gasteiger partial charge in [0.25, 0.3) is 5.91 Å². The van der Waals surface area contributed by atoms with Crippen LogP contribution in [0.1, 0.15) is 17.0 Å². The highest BCUT2D eigenvalue weighted by Gasteiger charge is 2.44. The van der Waals surface area contributed by atoms with E-state index < -0.39 is 17.6 Å². The maximum Gasteiger partial charge on any atom is 0.344 e. The van der Waals surface area contributed by atoms with E-state index >= 15 is 0 Å². The Hall–Kier alpha value is -4.26. The van der Waals surface area contributed by atoms with Gasteiger partial charge in [-0.15, -0.1) is 0 Å². The summed E-state index contributed by atoms with van der Waals surface area (Å²) in [5.41, 5.74) is 1.45. The molecule has 33 heavy (non-hydrogen) atoms. The van der Waals surface area contributed by atoms with Crippen LogP contribution in [0.15, 0.2) is 82.0 Å². The smallest absolute Gasteiger partial charge is 0.344 e. The number of ether oxygens (including phenoxy) is 3. The summed E-state index contributed by atoms with van der Waals surface area (Å²) in [6, 6.07) is 21.5. The van der Waals surface area contributed by atoms with Crippen molar-refractivity contribution in [2.75, 3.05) is 19.5 Å². The first-order valence-electron chi connectivity index (χ1n) is 10.4. The molecule has 0 saturated heterocycles. The van der Waals surface area contributed by atoms with Crippen LogP contribution in [0.3, 0.4) is 0 Å². The molecule has 2 atom stereocenters. The molecule has 7 heteroatoms. The zero-order valence-corrected chi connectivity index (χ0v) is 18.0. The Kier molecular flexibility index (Phi) is 5.22. The standard InChI is InChI=1S/C26H21NO6/c1-30-19-13-12-15(14-20(19)31-2)21-22-23(17-10-6-7-11-18(17)32-26(22)29)33-24(21)25(28)27-16-8-4-3-5-9-16/h3-14,21,24H,1-2H3,(H,27,28). The quantitative estimate of drug-likeness (QED) is 0.462. The predicted octanol–water partition coefficient (Wildman–Crippen LogP) is 4.34. The maximum atomic E-state index is 13.4. The van der Waals surface area contributed by atoms with Gasteiger partial charge >= 0.3 is 5.63 Å². The van der Waals surface area contributed by atoms with Crippen LogP contribution in [0, 0.1) is 0 Å². The molecule has 7 nitrogen and oxygen atoms in total. The van der Waals surface area contributed by atoms with Gasteiger partial charge in [0, 0.05) is 5.69 Å². The van der Waals surface area contributed by atoms with E-state index in [-0.39, 0.29) is 5.91 Å². The van der Waals surface area contributed by atoms with Crippen LogP contribution in [-0.4, -0.2) is 26.2 Å². The van der Waals surface area contributed by atoms with Gasteiger partial charge in [-0.1, -0.05) is 36.4 Å². The zero-order valence-electron chi connectivity index (χ0n) is 18.0. The molecule has 1 aliphatic heterocycles. The van der Waals surface area contributed by atoms with Gasteiger partial charge in [-0.3, -0.25) is 4.79 Å². The monoisotopic (exact) mass is 443 g/mol. The average molecular weight is 443 g/mol. The summed E-state index contributed by atoms with van der Waals surface area (Å²) >= 11 is 0. The van der Waals surface area contributed by atoms with Crippen LogP contribution in [0.4, 0.5) is 5.69 Å². The summed E-state index contributed by atoms with van der Waals surface area (Å²) in [5, 5.41) is 3.52. The Morgan fingerprint density at radius 2 is 1.64 bits per heavy atom. The highest BCUT2D eigenvalue weighted by Crippen LogP contribution is 2.46. The summed E-state index contributed by atoms with van der Waals surface area (Å²) in [4.78, 5) is 26.4. The number of methoxy groups -OCH3 is 2. The Morgan fingerprint density at radius 3 is 2.39 bits per heavy atom. The van der Waals surface area contributed by atoms with Crippen molar-refractivity contribution in [3.63, 3.8) is 0 Å². The first kappa shape index (κ1) is 20.6. The van der Waals surface area contributed by atoms with Crippen LogP contribution < -0.4 is 25.2 Å². The Labute approximate surface area is 189 Å². The minimum Gasteiger partial charge on any atom is -0.493 e. The first-order chi connectivity index (χ1) is 16.1. The van der Waals surface area contributed by atoms with E-state index in [1.807, 2.05) is 24.3 Å². The third-order valence-electron chi connectivity index (χ3n) is 5.72. The van der Waals surface area contributed by atoms with Crippen molar-refractivity contribution in [1.82, 2.24) is 0 Å². The van der Waals surface area contributed by atoms with Gasteiger partial charge in [0.05, 0.1) is 31.1 Å². The van der Waals surface area contributed by atoms with Crippen LogP contribution in [0.25, 0.3) is 11.0 Å². The number of fused-ring (bicyclic) bond motifs is 3. The third kappa shape index (κ3) is 3.57. The second-order valence-corrected chi connectivity index (χ2v) is 7.61. The van der Waals surface area contributed by atoms with Crippen molar-refractivity contribution < 1.29 is 23.4 Å². The fourth-order valence-electron chi connectivity index (χ4n) is 4.20. The largest absolute Gasteiger partial charge is 0.493 e. The normalized spacial score (nSPS) is 16.7. The van der Waals surface area contributed by atoms with Crippen molar-refractivity contribution in [3.8, 4) is 17.2 Å². The molecule has 1 N–H and O–H groups in total. The van der Waals surface area contributed by atoms with E-state index in [1.165, 1.54) is 7.11 Å². The van der Waals surface area contributed by atoms with Crippen molar-refractivity contribution >= 4 is 22.6 Å². The summed E-state index contributed by atoms with van der Waals surface area (Å²) in [6.07, 6.45) is -0.994. The van der Waals surface area contributed by atoms with E-state index in [4.69, 9.17) is 18.6 Å². The topological polar surface area (TPSA) is 87.0 Å². The molecule has 1 aliphatic rings. The first-order valence-corrected chi connectivity index (χ1v) is 10.4. The van der Waals surface area contributed by atoms with Crippen LogP contribution in [0.2, 0.25) is 0 Å². The minimum atomic E-state index is -0.994. The van der Waals surface area contributed by atoms with Gasteiger partial charge in [-0.2, -0.15) is 0 Å². The molecule has 0 fully saturated rings. The Bertz CT molecular complexity index is 1400. The zero-order chi connectivity index (χ0) is 22.9. The van der Waals surface area contributed by atoms with Crippen molar-refractivity contribution in [2.45, 2.75) is 12.0 Å². The molecule has 1 aromatic heterocycles. The molecular formula is C26H21NO6. The molecule has 3 aromatic carbocycles. The number of hydrogen-bond donors (Lipinski definition) is 1. The number of hydrogen-bond acceptors (Lipinski definition) is 6. The molecule has 2 heterocycles. The van der Waals surface area contributed by atoms with Gasteiger partial charge in [-0.25, -0.2) is 4.79 Å². The molecule has 0 bridgehead atoms. The lowest BCUT2D eigenvalue weighted by Gasteiger charge is -2.20. The van der Waals surface area contributed by atoms with Crippen molar-refractivity contribution in [3.05, 3.63) is 94.3 Å². The van der Waals surface area contributed by atoms with Crippen LogP contribution in [-0.2, 0) is 4.79 Å². The number of anilines is 1. The van der Waals surface area contributed by atoms with Gasteiger partial charge in [0.1, 0.15) is 11.3 Å². The second kappa shape index (κ2) is 8.35. The molecule has 0 aliphatic carbocycles. The summed E-state index contributed by atoms with van der Waals surface area (Å²) in [6.45, 7) is 0. The highest BCUT2D eigenvalue weighted by atomic mass is 16.5. The van der Waals surface area contributed by atoms with Gasteiger partial charge < -0.3 is 23.9 Å². The Morgan fingerprint density at radius 1 is 0.909 bits per heavy atom. The van der Waals surface area contributed by atoms with Gasteiger partial charge in [-0.05, 0) is 42.0 Å². The fraction of sp³-hybridized carbons (Fsp3) is 0.154. The molecular weight excluding hydrogens is 422 g/mol. The van der Waals surface area contributed by atoms with E-state index in [0.717, 1.165) is 0 Å². The van der Waals surface area contributed by atoms with Crippen molar-refractivity contribution in [2.24, 2.45) is 0 Å². The molecule has 0 radical (unpaired) electrons. The summed E-state index contributed by atoms with van der Waals surface area (Å²) in [7, 11) is 3.07. The van der Waals surface area contributed by atoms with Crippen molar-refractivity contribution in [1.29, 1.82) is 0 Å². The number of nitrogens with one attached hydrogen (secondary N) is 1. The lowest BCUT2D eigenvalue weighted by atomic mass is 9.88. The molecule has 0 spiro atoms. The predicted molar refractivity (Wildman–Crippen MR) is 123 cm³/mol. The SMILES string of the molecule is COc1ccc(C2c3c(c4ccccc4oc3=O)OC2C(=O)Nc2ccccc2)cc1OC. The number of rotatable bonds is 5. The van der Waals surface area contributed by atoms with Crippen LogP contribution in [0.5, 0.6) is 17.2 Å². The fourth-order valence-corrected chi connectivity index (χ4v) is 4.20. The number of carbonyl (C=O) groups is 1. The number of para-hydroxylation sites is 2. The van der Waals surface area contributed by atoms with E-state index in [9.17, 15) is 9.59 Å².